The molecule has 3 rings (SSSR count). The summed E-state index contributed by atoms with van der Waals surface area (Å²) >= 11 is 0. The average molecular weight is 302 g/mol. The molecule has 1 saturated heterocycles. The molecule has 1 fully saturated rings. The number of para-hydroxylation sites is 2. The van der Waals surface area contributed by atoms with E-state index in [1.165, 1.54) is 0 Å². The molecular formula is C16H22N4O2. The minimum Gasteiger partial charge on any atom is -0.506 e. The van der Waals surface area contributed by atoms with Gasteiger partial charge in [-0.05, 0) is 19.1 Å². The SMILES string of the molecule is CCc1noc([C@H](C)N2CCN(c3ccccc3O)CC2)n1. The Morgan fingerprint density at radius 3 is 2.59 bits per heavy atom. The predicted molar refractivity (Wildman–Crippen MR) is 84.0 cm³/mol. The Labute approximate surface area is 130 Å². The van der Waals surface area contributed by atoms with E-state index < -0.39 is 0 Å². The van der Waals surface area contributed by atoms with Crippen molar-refractivity contribution >= 4 is 5.69 Å². The fourth-order valence-corrected chi connectivity index (χ4v) is 2.82. The van der Waals surface area contributed by atoms with Gasteiger partial charge in [0.15, 0.2) is 5.82 Å². The van der Waals surface area contributed by atoms with E-state index >= 15 is 0 Å². The second kappa shape index (κ2) is 6.36. The second-order valence-electron chi connectivity index (χ2n) is 5.59. The largest absolute Gasteiger partial charge is 0.506 e. The van der Waals surface area contributed by atoms with Gasteiger partial charge in [0, 0.05) is 32.6 Å². The Bertz CT molecular complexity index is 620. The maximum absolute atomic E-state index is 9.96. The molecule has 1 atom stereocenters. The Kier molecular flexibility index (Phi) is 4.29. The molecule has 0 amide bonds. The van der Waals surface area contributed by atoms with Crippen LogP contribution in [-0.4, -0.2) is 46.3 Å². The first-order chi connectivity index (χ1) is 10.7. The average Bonchev–Trinajstić information content (AvgIpc) is 3.04. The summed E-state index contributed by atoms with van der Waals surface area (Å²) in [5, 5.41) is 13.9. The molecule has 1 aliphatic heterocycles. The Morgan fingerprint density at radius 1 is 1.23 bits per heavy atom. The quantitative estimate of drug-likeness (QED) is 0.934. The summed E-state index contributed by atoms with van der Waals surface area (Å²) < 4.78 is 5.34. The van der Waals surface area contributed by atoms with Crippen LogP contribution >= 0.6 is 0 Å². The summed E-state index contributed by atoms with van der Waals surface area (Å²) in [6.07, 6.45) is 0.789. The molecular weight excluding hydrogens is 280 g/mol. The molecule has 1 aromatic heterocycles. The molecule has 0 spiro atoms. The fourth-order valence-electron chi connectivity index (χ4n) is 2.82. The molecule has 1 N–H and O–H groups in total. The van der Waals surface area contributed by atoms with Crippen molar-refractivity contribution in [2.45, 2.75) is 26.3 Å². The number of hydrogen-bond acceptors (Lipinski definition) is 6. The van der Waals surface area contributed by atoms with Gasteiger partial charge in [-0.2, -0.15) is 4.98 Å². The third kappa shape index (κ3) is 2.92. The summed E-state index contributed by atoms with van der Waals surface area (Å²) in [6, 6.07) is 7.61. The Morgan fingerprint density at radius 2 is 1.95 bits per heavy atom. The molecule has 22 heavy (non-hydrogen) atoms. The van der Waals surface area contributed by atoms with Crippen LogP contribution in [0, 0.1) is 0 Å². The summed E-state index contributed by atoms with van der Waals surface area (Å²) in [5.41, 5.74) is 0.904. The van der Waals surface area contributed by atoms with E-state index in [0.717, 1.165) is 44.1 Å². The van der Waals surface area contributed by atoms with E-state index in [9.17, 15) is 5.11 Å². The number of aromatic hydroxyl groups is 1. The molecule has 2 heterocycles. The monoisotopic (exact) mass is 302 g/mol. The first-order valence-electron chi connectivity index (χ1n) is 7.78. The van der Waals surface area contributed by atoms with E-state index in [4.69, 9.17) is 4.52 Å². The number of phenolic OH excluding ortho intramolecular Hbond substituents is 1. The molecule has 1 aromatic carbocycles. The highest BCUT2D eigenvalue weighted by Crippen LogP contribution is 2.28. The van der Waals surface area contributed by atoms with Crippen LogP contribution in [0.15, 0.2) is 28.8 Å². The summed E-state index contributed by atoms with van der Waals surface area (Å²) in [4.78, 5) is 8.97. The van der Waals surface area contributed by atoms with E-state index in [-0.39, 0.29) is 6.04 Å². The van der Waals surface area contributed by atoms with Gasteiger partial charge in [0.25, 0.3) is 0 Å². The molecule has 0 radical (unpaired) electrons. The first kappa shape index (κ1) is 14.8. The van der Waals surface area contributed by atoms with Crippen molar-refractivity contribution in [2.75, 3.05) is 31.1 Å². The lowest BCUT2D eigenvalue weighted by Crippen LogP contribution is -2.47. The van der Waals surface area contributed by atoms with Crippen molar-refractivity contribution in [2.24, 2.45) is 0 Å². The van der Waals surface area contributed by atoms with Gasteiger partial charge in [-0.1, -0.05) is 24.2 Å². The van der Waals surface area contributed by atoms with Gasteiger partial charge in [0.2, 0.25) is 5.89 Å². The van der Waals surface area contributed by atoms with Crippen molar-refractivity contribution < 1.29 is 9.63 Å². The van der Waals surface area contributed by atoms with Gasteiger partial charge in [-0.15, -0.1) is 0 Å². The van der Waals surface area contributed by atoms with Gasteiger partial charge < -0.3 is 14.5 Å². The maximum atomic E-state index is 9.96. The van der Waals surface area contributed by atoms with Crippen molar-refractivity contribution in [3.63, 3.8) is 0 Å². The molecule has 6 heteroatoms. The molecule has 2 aromatic rings. The number of benzene rings is 1. The van der Waals surface area contributed by atoms with Crippen LogP contribution in [0.1, 0.15) is 31.6 Å². The minimum atomic E-state index is 0.124. The van der Waals surface area contributed by atoms with Gasteiger partial charge >= 0.3 is 0 Å². The number of nitrogens with zero attached hydrogens (tertiary/aromatic N) is 4. The van der Waals surface area contributed by atoms with E-state index in [2.05, 4.69) is 26.9 Å². The Balaban J connectivity index is 1.63. The van der Waals surface area contributed by atoms with E-state index in [1.54, 1.807) is 6.07 Å². The lowest BCUT2D eigenvalue weighted by Gasteiger charge is -2.38. The fraction of sp³-hybridized carbons (Fsp3) is 0.500. The molecule has 118 valence electrons. The number of phenols is 1. The molecule has 0 unspecified atom stereocenters. The molecule has 0 aliphatic carbocycles. The van der Waals surface area contributed by atoms with Gasteiger partial charge in [0.1, 0.15) is 5.75 Å². The van der Waals surface area contributed by atoms with Crippen molar-refractivity contribution in [1.82, 2.24) is 15.0 Å². The van der Waals surface area contributed by atoms with Crippen LogP contribution in [0.4, 0.5) is 5.69 Å². The summed E-state index contributed by atoms with van der Waals surface area (Å²) in [5.74, 6) is 1.79. The standard InChI is InChI=1S/C16H22N4O2/c1-3-15-17-16(22-18-15)12(2)19-8-10-20(11-9-19)13-6-4-5-7-14(13)21/h4-7,12,21H,3,8-11H2,1-2H3/t12-/m0/s1. The number of piperazine rings is 1. The zero-order valence-corrected chi connectivity index (χ0v) is 13.1. The third-order valence-electron chi connectivity index (χ3n) is 4.24. The molecule has 6 nitrogen and oxygen atoms in total. The van der Waals surface area contributed by atoms with Crippen molar-refractivity contribution in [3.8, 4) is 5.75 Å². The van der Waals surface area contributed by atoms with Crippen molar-refractivity contribution in [1.29, 1.82) is 0 Å². The van der Waals surface area contributed by atoms with Gasteiger partial charge in [0.05, 0.1) is 11.7 Å². The van der Waals surface area contributed by atoms with E-state index in [1.807, 2.05) is 25.1 Å². The zero-order chi connectivity index (χ0) is 15.5. The van der Waals surface area contributed by atoms with E-state index in [0.29, 0.717) is 11.6 Å². The van der Waals surface area contributed by atoms with Crippen LogP contribution in [0.2, 0.25) is 0 Å². The number of aryl methyl sites for hydroxylation is 1. The minimum absolute atomic E-state index is 0.124. The molecule has 0 bridgehead atoms. The predicted octanol–water partition coefficient (Wildman–Crippen LogP) is 2.22. The lowest BCUT2D eigenvalue weighted by molar-refractivity contribution is 0.164. The highest BCUT2D eigenvalue weighted by Gasteiger charge is 2.26. The maximum Gasteiger partial charge on any atom is 0.243 e. The van der Waals surface area contributed by atoms with Crippen LogP contribution in [0.5, 0.6) is 5.75 Å². The third-order valence-corrected chi connectivity index (χ3v) is 4.24. The number of hydrogen-bond donors (Lipinski definition) is 1. The number of anilines is 1. The second-order valence-corrected chi connectivity index (χ2v) is 5.59. The Hall–Kier alpha value is -2.08. The van der Waals surface area contributed by atoms with Crippen LogP contribution in [0.3, 0.4) is 0 Å². The highest BCUT2D eigenvalue weighted by molar-refractivity contribution is 5.57. The number of aromatic nitrogens is 2. The lowest BCUT2D eigenvalue weighted by atomic mass is 10.2. The summed E-state index contributed by atoms with van der Waals surface area (Å²) in [6.45, 7) is 7.67. The van der Waals surface area contributed by atoms with Gasteiger partial charge in [-0.25, -0.2) is 0 Å². The smallest absolute Gasteiger partial charge is 0.243 e. The molecule has 0 saturated carbocycles. The summed E-state index contributed by atoms with van der Waals surface area (Å²) in [7, 11) is 0. The van der Waals surface area contributed by atoms with Crippen LogP contribution in [0.25, 0.3) is 0 Å². The van der Waals surface area contributed by atoms with Crippen LogP contribution in [-0.2, 0) is 6.42 Å². The van der Waals surface area contributed by atoms with Crippen molar-refractivity contribution in [3.05, 3.63) is 36.0 Å². The van der Waals surface area contributed by atoms with Crippen LogP contribution < -0.4 is 4.90 Å². The molecule has 1 aliphatic rings. The zero-order valence-electron chi connectivity index (χ0n) is 13.1. The highest BCUT2D eigenvalue weighted by atomic mass is 16.5. The topological polar surface area (TPSA) is 65.6 Å². The normalized spacial score (nSPS) is 17.6. The van der Waals surface area contributed by atoms with Gasteiger partial charge in [-0.3, -0.25) is 4.90 Å². The first-order valence-corrected chi connectivity index (χ1v) is 7.78. The number of rotatable bonds is 4.